The lowest BCUT2D eigenvalue weighted by atomic mass is 9.59. The van der Waals surface area contributed by atoms with Gasteiger partial charge in [-0.1, -0.05) is 53.4 Å². The van der Waals surface area contributed by atoms with E-state index >= 15 is 0 Å². The molecule has 0 heteroatoms. The van der Waals surface area contributed by atoms with Crippen LogP contribution in [0.5, 0.6) is 0 Å². The molecule has 0 N–H and O–H groups in total. The third-order valence-electron chi connectivity index (χ3n) is 6.06. The summed E-state index contributed by atoms with van der Waals surface area (Å²) in [7, 11) is 0. The Labute approximate surface area is 109 Å². The van der Waals surface area contributed by atoms with Gasteiger partial charge in [-0.3, -0.25) is 0 Å². The fourth-order valence-electron chi connectivity index (χ4n) is 4.45. The maximum Gasteiger partial charge on any atom is -0.0297 e. The van der Waals surface area contributed by atoms with Crippen molar-refractivity contribution in [2.24, 2.45) is 29.1 Å². The maximum atomic E-state index is 2.58. The average Bonchev–Trinajstić information content (AvgIpc) is 2.29. The first-order valence-electron chi connectivity index (χ1n) is 8.00. The molecule has 0 radical (unpaired) electrons. The second-order valence-corrected chi connectivity index (χ2v) is 7.75. The lowest BCUT2D eigenvalue weighted by Gasteiger charge is -2.46. The molecule has 0 aliphatic heterocycles. The van der Waals surface area contributed by atoms with E-state index in [0.29, 0.717) is 5.41 Å². The van der Waals surface area contributed by atoms with Gasteiger partial charge < -0.3 is 0 Å². The molecule has 2 atom stereocenters. The van der Waals surface area contributed by atoms with Crippen LogP contribution in [0.2, 0.25) is 0 Å². The van der Waals surface area contributed by atoms with E-state index in [0.717, 1.165) is 23.7 Å². The van der Waals surface area contributed by atoms with Gasteiger partial charge in [-0.05, 0) is 54.8 Å². The molecular formula is C17H32. The van der Waals surface area contributed by atoms with E-state index in [2.05, 4.69) is 27.7 Å². The van der Waals surface area contributed by atoms with Crippen molar-refractivity contribution in [3.05, 3.63) is 0 Å². The molecule has 0 spiro atoms. The first-order valence-corrected chi connectivity index (χ1v) is 8.00. The minimum absolute atomic E-state index is 0.606. The minimum Gasteiger partial charge on any atom is -0.0625 e. The van der Waals surface area contributed by atoms with Crippen molar-refractivity contribution in [1.82, 2.24) is 0 Å². The molecule has 2 unspecified atom stereocenters. The van der Waals surface area contributed by atoms with Crippen molar-refractivity contribution in [3.63, 3.8) is 0 Å². The van der Waals surface area contributed by atoms with Crippen LogP contribution in [0.1, 0.15) is 79.1 Å². The standard InChI is InChI=1S/C17H32/c1-13-8-10-15(11-9-13)17(3,4)16-7-5-6-14(2)12-16/h13-16H,5-12H2,1-4H3. The second kappa shape index (κ2) is 5.33. The van der Waals surface area contributed by atoms with Gasteiger partial charge in [0.1, 0.15) is 0 Å². The molecular weight excluding hydrogens is 204 g/mol. The number of hydrogen-bond acceptors (Lipinski definition) is 0. The van der Waals surface area contributed by atoms with E-state index in [-0.39, 0.29) is 0 Å². The van der Waals surface area contributed by atoms with Gasteiger partial charge in [-0.25, -0.2) is 0 Å². The van der Waals surface area contributed by atoms with Crippen LogP contribution in [0.15, 0.2) is 0 Å². The van der Waals surface area contributed by atoms with Crippen LogP contribution < -0.4 is 0 Å². The predicted octanol–water partition coefficient (Wildman–Crippen LogP) is 5.67. The Kier molecular flexibility index (Phi) is 4.21. The summed E-state index contributed by atoms with van der Waals surface area (Å²) in [5.41, 5.74) is 0.606. The van der Waals surface area contributed by atoms with Crippen molar-refractivity contribution in [2.45, 2.75) is 79.1 Å². The van der Waals surface area contributed by atoms with Crippen LogP contribution in [0.3, 0.4) is 0 Å². The first kappa shape index (κ1) is 13.4. The van der Waals surface area contributed by atoms with Gasteiger partial charge in [-0.15, -0.1) is 0 Å². The second-order valence-electron chi connectivity index (χ2n) is 7.75. The molecule has 0 aromatic carbocycles. The minimum atomic E-state index is 0.606. The molecule has 2 aliphatic rings. The maximum absolute atomic E-state index is 2.58. The highest BCUT2D eigenvalue weighted by atomic mass is 14.4. The van der Waals surface area contributed by atoms with Crippen molar-refractivity contribution >= 4 is 0 Å². The van der Waals surface area contributed by atoms with E-state index in [1.165, 1.54) is 51.4 Å². The van der Waals surface area contributed by atoms with Crippen molar-refractivity contribution in [2.75, 3.05) is 0 Å². The van der Waals surface area contributed by atoms with Crippen LogP contribution in [-0.4, -0.2) is 0 Å². The topological polar surface area (TPSA) is 0 Å². The Bertz CT molecular complexity index is 232. The zero-order valence-electron chi connectivity index (χ0n) is 12.5. The number of rotatable bonds is 2. The van der Waals surface area contributed by atoms with E-state index in [9.17, 15) is 0 Å². The average molecular weight is 236 g/mol. The van der Waals surface area contributed by atoms with Crippen LogP contribution in [0, 0.1) is 29.1 Å². The van der Waals surface area contributed by atoms with Crippen LogP contribution >= 0.6 is 0 Å². The quantitative estimate of drug-likeness (QED) is 0.580. The SMILES string of the molecule is CC1CCC(C(C)(C)C2CCCC(C)C2)CC1. The highest BCUT2D eigenvalue weighted by Gasteiger charge is 2.39. The van der Waals surface area contributed by atoms with Gasteiger partial charge in [0.25, 0.3) is 0 Å². The van der Waals surface area contributed by atoms with Gasteiger partial charge in [0, 0.05) is 0 Å². The molecule has 2 rings (SSSR count). The summed E-state index contributed by atoms with van der Waals surface area (Å²) >= 11 is 0. The lowest BCUT2D eigenvalue weighted by Crippen LogP contribution is -2.37. The predicted molar refractivity (Wildman–Crippen MR) is 76.0 cm³/mol. The Hall–Kier alpha value is 0. The van der Waals surface area contributed by atoms with Gasteiger partial charge in [-0.2, -0.15) is 0 Å². The Balaban J connectivity index is 1.96. The molecule has 0 saturated heterocycles. The zero-order chi connectivity index (χ0) is 12.5. The summed E-state index contributed by atoms with van der Waals surface area (Å²) in [5, 5.41) is 0. The molecule has 17 heavy (non-hydrogen) atoms. The summed E-state index contributed by atoms with van der Waals surface area (Å²) in [6.07, 6.45) is 11.9. The molecule has 0 aromatic heterocycles. The summed E-state index contributed by atoms with van der Waals surface area (Å²) in [6, 6.07) is 0. The van der Waals surface area contributed by atoms with Gasteiger partial charge in [0.05, 0.1) is 0 Å². The molecule has 2 fully saturated rings. The molecule has 0 nitrogen and oxygen atoms in total. The number of hydrogen-bond donors (Lipinski definition) is 0. The van der Waals surface area contributed by atoms with Crippen molar-refractivity contribution in [3.8, 4) is 0 Å². The molecule has 0 heterocycles. The third-order valence-corrected chi connectivity index (χ3v) is 6.06. The summed E-state index contributed by atoms with van der Waals surface area (Å²) in [6.45, 7) is 10.1. The molecule has 0 amide bonds. The summed E-state index contributed by atoms with van der Waals surface area (Å²) < 4.78 is 0. The fraction of sp³-hybridized carbons (Fsp3) is 1.00. The van der Waals surface area contributed by atoms with Crippen LogP contribution in [-0.2, 0) is 0 Å². The molecule has 100 valence electrons. The molecule has 2 saturated carbocycles. The van der Waals surface area contributed by atoms with Gasteiger partial charge in [0.15, 0.2) is 0 Å². The Morgan fingerprint density at radius 2 is 1.35 bits per heavy atom. The smallest absolute Gasteiger partial charge is 0.0297 e. The third kappa shape index (κ3) is 3.06. The molecule has 2 aliphatic carbocycles. The first-order chi connectivity index (χ1) is 8.00. The highest BCUT2D eigenvalue weighted by molar-refractivity contribution is 4.89. The summed E-state index contributed by atoms with van der Waals surface area (Å²) in [4.78, 5) is 0. The van der Waals surface area contributed by atoms with Crippen LogP contribution in [0.25, 0.3) is 0 Å². The van der Waals surface area contributed by atoms with Gasteiger partial charge in [0.2, 0.25) is 0 Å². The Morgan fingerprint density at radius 1 is 0.706 bits per heavy atom. The molecule has 0 aromatic rings. The monoisotopic (exact) mass is 236 g/mol. The largest absolute Gasteiger partial charge is 0.0625 e. The van der Waals surface area contributed by atoms with Crippen LogP contribution in [0.4, 0.5) is 0 Å². The van der Waals surface area contributed by atoms with Crippen molar-refractivity contribution in [1.29, 1.82) is 0 Å². The van der Waals surface area contributed by atoms with Gasteiger partial charge >= 0.3 is 0 Å². The zero-order valence-corrected chi connectivity index (χ0v) is 12.5. The Morgan fingerprint density at radius 3 is 1.94 bits per heavy atom. The highest BCUT2D eigenvalue weighted by Crippen LogP contribution is 2.49. The van der Waals surface area contributed by atoms with E-state index in [1.807, 2.05) is 0 Å². The van der Waals surface area contributed by atoms with E-state index < -0.39 is 0 Å². The normalized spacial score (nSPS) is 40.2. The van der Waals surface area contributed by atoms with E-state index in [4.69, 9.17) is 0 Å². The van der Waals surface area contributed by atoms with E-state index in [1.54, 1.807) is 0 Å². The molecule has 0 bridgehead atoms. The fourth-order valence-corrected chi connectivity index (χ4v) is 4.45. The lowest BCUT2D eigenvalue weighted by molar-refractivity contribution is 0.0383. The van der Waals surface area contributed by atoms with Crippen molar-refractivity contribution < 1.29 is 0 Å². The summed E-state index contributed by atoms with van der Waals surface area (Å²) in [5.74, 6) is 3.99.